The molecule has 0 radical (unpaired) electrons. The van der Waals surface area contributed by atoms with Crippen molar-refractivity contribution in [1.29, 1.82) is 0 Å². The molecule has 0 saturated heterocycles. The summed E-state index contributed by atoms with van der Waals surface area (Å²) in [4.78, 5) is 32.8. The fraction of sp³-hybridized carbons (Fsp3) is 0.667. The molecular formula is C9H15NO5. The Morgan fingerprint density at radius 3 is 2.27 bits per heavy atom. The summed E-state index contributed by atoms with van der Waals surface area (Å²) >= 11 is 0. The van der Waals surface area contributed by atoms with Gasteiger partial charge in [0, 0.05) is 0 Å². The van der Waals surface area contributed by atoms with Crippen LogP contribution >= 0.6 is 0 Å². The first kappa shape index (κ1) is 13.6. The molecule has 0 aromatic heterocycles. The van der Waals surface area contributed by atoms with E-state index in [9.17, 15) is 19.5 Å². The average Bonchev–Trinajstić information content (AvgIpc) is 2.11. The van der Waals surface area contributed by atoms with Crippen LogP contribution in [0.15, 0.2) is 0 Å². The summed E-state index contributed by atoms with van der Waals surface area (Å²) in [5.41, 5.74) is 0. The lowest BCUT2D eigenvalue weighted by molar-refractivity contribution is -0.148. The molecule has 15 heavy (non-hydrogen) atoms. The third kappa shape index (κ3) is 5.11. The highest BCUT2D eigenvalue weighted by atomic mass is 16.5. The standard InChI is InChI=1S/C9H15NO5/c1-5(11)4-7(13)10-8(6(2)12)9(14)15-3/h6,8,12H,4H2,1-3H3,(H,10,13). The number of carbonyl (C=O) groups excluding carboxylic acids is 3. The fourth-order valence-electron chi connectivity index (χ4n) is 0.954. The van der Waals surface area contributed by atoms with Crippen molar-refractivity contribution < 1.29 is 24.2 Å². The number of ketones is 1. The molecule has 0 rings (SSSR count). The summed E-state index contributed by atoms with van der Waals surface area (Å²) < 4.78 is 4.38. The second kappa shape index (κ2) is 6.13. The van der Waals surface area contributed by atoms with Gasteiger partial charge in [0.15, 0.2) is 6.04 Å². The SMILES string of the molecule is COC(=O)C(NC(=O)CC(C)=O)C(C)O. The van der Waals surface area contributed by atoms with Gasteiger partial charge >= 0.3 is 5.97 Å². The van der Waals surface area contributed by atoms with Crippen molar-refractivity contribution in [1.82, 2.24) is 5.32 Å². The van der Waals surface area contributed by atoms with Crippen LogP contribution in [-0.4, -0.2) is 42.0 Å². The number of nitrogens with one attached hydrogen (secondary N) is 1. The number of hydrogen-bond acceptors (Lipinski definition) is 5. The van der Waals surface area contributed by atoms with Crippen LogP contribution in [0.2, 0.25) is 0 Å². The predicted molar refractivity (Wildman–Crippen MR) is 50.9 cm³/mol. The summed E-state index contributed by atoms with van der Waals surface area (Å²) in [6.45, 7) is 2.60. The number of Topliss-reactive ketones (excluding diaryl/α,β-unsaturated/α-hetero) is 1. The van der Waals surface area contributed by atoms with Gasteiger partial charge in [-0.15, -0.1) is 0 Å². The summed E-state index contributed by atoms with van der Waals surface area (Å²) in [6, 6.07) is -1.14. The molecule has 0 aromatic rings. The topological polar surface area (TPSA) is 92.7 Å². The highest BCUT2D eigenvalue weighted by Crippen LogP contribution is 1.97. The van der Waals surface area contributed by atoms with Crippen LogP contribution in [0.25, 0.3) is 0 Å². The monoisotopic (exact) mass is 217 g/mol. The number of rotatable bonds is 5. The Morgan fingerprint density at radius 1 is 1.40 bits per heavy atom. The lowest BCUT2D eigenvalue weighted by Gasteiger charge is -2.18. The van der Waals surface area contributed by atoms with E-state index in [1.54, 1.807) is 0 Å². The highest BCUT2D eigenvalue weighted by Gasteiger charge is 2.26. The average molecular weight is 217 g/mol. The molecule has 0 aliphatic heterocycles. The van der Waals surface area contributed by atoms with Crippen LogP contribution in [0.4, 0.5) is 0 Å². The molecule has 0 fully saturated rings. The first-order valence-electron chi connectivity index (χ1n) is 4.43. The number of hydrogen-bond donors (Lipinski definition) is 2. The molecule has 0 spiro atoms. The zero-order valence-corrected chi connectivity index (χ0v) is 8.94. The fourth-order valence-corrected chi connectivity index (χ4v) is 0.954. The van der Waals surface area contributed by atoms with E-state index in [1.165, 1.54) is 13.8 Å². The van der Waals surface area contributed by atoms with Gasteiger partial charge in [-0.05, 0) is 13.8 Å². The van der Waals surface area contributed by atoms with Gasteiger partial charge in [-0.25, -0.2) is 4.79 Å². The Kier molecular flexibility index (Phi) is 5.54. The molecule has 2 atom stereocenters. The highest BCUT2D eigenvalue weighted by molar-refractivity contribution is 5.98. The van der Waals surface area contributed by atoms with E-state index in [0.29, 0.717) is 0 Å². The molecule has 6 nitrogen and oxygen atoms in total. The van der Waals surface area contributed by atoms with Crippen LogP contribution in [-0.2, 0) is 19.1 Å². The van der Waals surface area contributed by atoms with E-state index in [-0.39, 0.29) is 12.2 Å². The van der Waals surface area contributed by atoms with E-state index in [1.807, 2.05) is 0 Å². The number of aliphatic hydroxyl groups is 1. The molecule has 6 heteroatoms. The first-order chi connectivity index (χ1) is 6.88. The van der Waals surface area contributed by atoms with Crippen molar-refractivity contribution in [3.05, 3.63) is 0 Å². The summed E-state index contributed by atoms with van der Waals surface area (Å²) in [5.74, 6) is -1.68. The minimum Gasteiger partial charge on any atom is -0.467 e. The van der Waals surface area contributed by atoms with Crippen molar-refractivity contribution in [3.8, 4) is 0 Å². The normalized spacial score (nSPS) is 13.9. The maximum Gasteiger partial charge on any atom is 0.331 e. The summed E-state index contributed by atoms with van der Waals surface area (Å²) in [5, 5.41) is 11.4. The van der Waals surface area contributed by atoms with Crippen LogP contribution in [0, 0.1) is 0 Å². The van der Waals surface area contributed by atoms with Crippen LogP contribution in [0.1, 0.15) is 20.3 Å². The lowest BCUT2D eigenvalue weighted by atomic mass is 10.1. The number of esters is 1. The summed E-state index contributed by atoms with van der Waals surface area (Å²) in [7, 11) is 1.15. The molecule has 0 aromatic carbocycles. The summed E-state index contributed by atoms with van der Waals surface area (Å²) in [6.07, 6.45) is -1.39. The van der Waals surface area contributed by atoms with Gasteiger partial charge in [-0.1, -0.05) is 0 Å². The smallest absolute Gasteiger partial charge is 0.331 e. The third-order valence-corrected chi connectivity index (χ3v) is 1.66. The number of aliphatic hydroxyl groups excluding tert-OH is 1. The Morgan fingerprint density at radius 2 is 1.93 bits per heavy atom. The number of amides is 1. The molecule has 2 N–H and O–H groups in total. The molecular weight excluding hydrogens is 202 g/mol. The van der Waals surface area contributed by atoms with Crippen molar-refractivity contribution in [3.63, 3.8) is 0 Å². The van der Waals surface area contributed by atoms with Crippen molar-refractivity contribution >= 4 is 17.7 Å². The molecule has 0 aliphatic carbocycles. The van der Waals surface area contributed by atoms with Crippen LogP contribution in [0.3, 0.4) is 0 Å². The molecule has 0 bridgehead atoms. The predicted octanol–water partition coefficient (Wildman–Crippen LogP) is -0.996. The Balaban J connectivity index is 4.35. The van der Waals surface area contributed by atoms with Gasteiger partial charge in [-0.2, -0.15) is 0 Å². The van der Waals surface area contributed by atoms with E-state index >= 15 is 0 Å². The zero-order valence-electron chi connectivity index (χ0n) is 8.94. The lowest BCUT2D eigenvalue weighted by Crippen LogP contribution is -2.48. The van der Waals surface area contributed by atoms with Crippen molar-refractivity contribution in [2.24, 2.45) is 0 Å². The van der Waals surface area contributed by atoms with Gasteiger partial charge < -0.3 is 15.2 Å². The molecule has 1 amide bonds. The van der Waals surface area contributed by atoms with Crippen molar-refractivity contribution in [2.75, 3.05) is 7.11 Å². The Bertz CT molecular complexity index is 261. The molecule has 0 heterocycles. The molecule has 0 saturated carbocycles. The van der Waals surface area contributed by atoms with E-state index in [2.05, 4.69) is 10.1 Å². The Hall–Kier alpha value is -1.43. The van der Waals surface area contributed by atoms with Gasteiger partial charge in [0.25, 0.3) is 0 Å². The van der Waals surface area contributed by atoms with Gasteiger partial charge in [-0.3, -0.25) is 9.59 Å². The van der Waals surface area contributed by atoms with E-state index < -0.39 is 24.0 Å². The quantitative estimate of drug-likeness (QED) is 0.455. The maximum atomic E-state index is 11.1. The van der Waals surface area contributed by atoms with Gasteiger partial charge in [0.05, 0.1) is 19.6 Å². The maximum absolute atomic E-state index is 11.1. The van der Waals surface area contributed by atoms with Crippen LogP contribution < -0.4 is 5.32 Å². The Labute approximate surface area is 87.6 Å². The zero-order chi connectivity index (χ0) is 12.0. The largest absolute Gasteiger partial charge is 0.467 e. The van der Waals surface area contributed by atoms with Crippen molar-refractivity contribution in [2.45, 2.75) is 32.4 Å². The first-order valence-corrected chi connectivity index (χ1v) is 4.43. The third-order valence-electron chi connectivity index (χ3n) is 1.66. The van der Waals surface area contributed by atoms with Gasteiger partial charge in [0.1, 0.15) is 5.78 Å². The van der Waals surface area contributed by atoms with E-state index in [0.717, 1.165) is 7.11 Å². The number of ether oxygens (including phenoxy) is 1. The number of methoxy groups -OCH3 is 1. The second-order valence-electron chi connectivity index (χ2n) is 3.19. The minimum absolute atomic E-state index is 0.318. The molecule has 86 valence electrons. The molecule has 0 aliphatic rings. The number of carbonyl (C=O) groups is 3. The molecule has 2 unspecified atom stereocenters. The van der Waals surface area contributed by atoms with Gasteiger partial charge in [0.2, 0.25) is 5.91 Å². The van der Waals surface area contributed by atoms with E-state index in [4.69, 9.17) is 0 Å². The minimum atomic E-state index is -1.14. The van der Waals surface area contributed by atoms with Crippen LogP contribution in [0.5, 0.6) is 0 Å². The second-order valence-corrected chi connectivity index (χ2v) is 3.19.